The molecule has 0 radical (unpaired) electrons. The number of hydrogen-bond acceptors (Lipinski definition) is 3. The minimum atomic E-state index is -3.58. The van der Waals surface area contributed by atoms with Crippen LogP contribution in [0.3, 0.4) is 0 Å². The lowest BCUT2D eigenvalue weighted by atomic mass is 10.0. The molecule has 1 saturated heterocycles. The van der Waals surface area contributed by atoms with Crippen molar-refractivity contribution in [3.63, 3.8) is 0 Å². The van der Waals surface area contributed by atoms with Crippen LogP contribution >= 0.6 is 35.6 Å². The van der Waals surface area contributed by atoms with Gasteiger partial charge in [-0.1, -0.05) is 23.2 Å². The van der Waals surface area contributed by atoms with Crippen molar-refractivity contribution in [2.45, 2.75) is 17.7 Å². The largest absolute Gasteiger partial charge is 0.316 e. The van der Waals surface area contributed by atoms with Gasteiger partial charge < -0.3 is 5.32 Å². The lowest BCUT2D eigenvalue weighted by Crippen LogP contribution is -2.38. The van der Waals surface area contributed by atoms with Crippen LogP contribution in [-0.4, -0.2) is 28.1 Å². The molecule has 2 N–H and O–H groups in total. The molecular weight excluding hydrogens is 343 g/mol. The summed E-state index contributed by atoms with van der Waals surface area (Å²) >= 11 is 11.7. The maximum absolute atomic E-state index is 12.1. The van der Waals surface area contributed by atoms with Crippen LogP contribution in [0.1, 0.15) is 12.8 Å². The van der Waals surface area contributed by atoms with Crippen LogP contribution in [0.5, 0.6) is 0 Å². The second-order valence-corrected chi connectivity index (χ2v) is 7.22. The molecule has 0 bridgehead atoms. The van der Waals surface area contributed by atoms with Gasteiger partial charge in [0, 0.05) is 11.6 Å². The van der Waals surface area contributed by atoms with Gasteiger partial charge in [0.2, 0.25) is 10.0 Å². The van der Waals surface area contributed by atoms with Crippen molar-refractivity contribution in [1.82, 2.24) is 10.0 Å². The van der Waals surface area contributed by atoms with Crippen LogP contribution in [-0.2, 0) is 10.0 Å². The minimum Gasteiger partial charge on any atom is -0.316 e. The first-order chi connectivity index (χ1) is 8.99. The number of nitrogens with one attached hydrogen (secondary N) is 2. The Balaban J connectivity index is 0.00000200. The van der Waals surface area contributed by atoms with E-state index in [0.29, 0.717) is 17.5 Å². The van der Waals surface area contributed by atoms with Gasteiger partial charge in [0.15, 0.2) is 0 Å². The summed E-state index contributed by atoms with van der Waals surface area (Å²) in [5.74, 6) is 0.328. The average Bonchev–Trinajstić information content (AvgIpc) is 2.37. The Hall–Kier alpha value is -0.0400. The lowest BCUT2D eigenvalue weighted by molar-refractivity contribution is 0.376. The van der Waals surface area contributed by atoms with Crippen molar-refractivity contribution in [2.24, 2.45) is 5.92 Å². The van der Waals surface area contributed by atoms with E-state index in [1.807, 2.05) is 0 Å². The highest BCUT2D eigenvalue weighted by Gasteiger charge is 2.20. The molecule has 8 heteroatoms. The van der Waals surface area contributed by atoms with Crippen LogP contribution in [0.4, 0.5) is 0 Å². The molecule has 1 heterocycles. The average molecular weight is 360 g/mol. The maximum atomic E-state index is 12.1. The molecule has 20 heavy (non-hydrogen) atoms. The number of halogens is 3. The van der Waals surface area contributed by atoms with Crippen LogP contribution in [0.2, 0.25) is 10.0 Å². The number of benzene rings is 1. The first-order valence-electron chi connectivity index (χ1n) is 6.14. The van der Waals surface area contributed by atoms with E-state index in [2.05, 4.69) is 10.0 Å². The Morgan fingerprint density at radius 2 is 2.10 bits per heavy atom. The molecule has 114 valence electrons. The lowest BCUT2D eigenvalue weighted by Gasteiger charge is -2.22. The first kappa shape index (κ1) is 18.0. The SMILES string of the molecule is Cl.O=S(=O)(NCC1CCCNC1)c1ccc(Cl)cc1Cl. The monoisotopic (exact) mass is 358 g/mol. The van der Waals surface area contributed by atoms with Crippen molar-refractivity contribution in [3.05, 3.63) is 28.2 Å². The maximum Gasteiger partial charge on any atom is 0.242 e. The molecule has 1 aliphatic rings. The predicted molar refractivity (Wildman–Crippen MR) is 84.5 cm³/mol. The van der Waals surface area contributed by atoms with E-state index in [1.54, 1.807) is 0 Å². The van der Waals surface area contributed by atoms with Crippen LogP contribution in [0.15, 0.2) is 23.1 Å². The zero-order valence-electron chi connectivity index (χ0n) is 10.7. The molecule has 1 aromatic rings. The summed E-state index contributed by atoms with van der Waals surface area (Å²) in [7, 11) is -3.58. The topological polar surface area (TPSA) is 58.2 Å². The number of piperidine rings is 1. The van der Waals surface area contributed by atoms with Gasteiger partial charge >= 0.3 is 0 Å². The van der Waals surface area contributed by atoms with E-state index in [1.165, 1.54) is 18.2 Å². The van der Waals surface area contributed by atoms with E-state index in [9.17, 15) is 8.42 Å². The highest BCUT2D eigenvalue weighted by atomic mass is 35.5. The fourth-order valence-electron chi connectivity index (χ4n) is 2.10. The number of hydrogen-bond donors (Lipinski definition) is 2. The summed E-state index contributed by atoms with van der Waals surface area (Å²) < 4.78 is 26.9. The highest BCUT2D eigenvalue weighted by Crippen LogP contribution is 2.25. The van der Waals surface area contributed by atoms with Crippen molar-refractivity contribution >= 4 is 45.6 Å². The summed E-state index contributed by atoms with van der Waals surface area (Å²) in [6.07, 6.45) is 2.11. The number of rotatable bonds is 4. The Labute approximate surface area is 135 Å². The van der Waals surface area contributed by atoms with Gasteiger partial charge in [0.1, 0.15) is 4.90 Å². The third kappa shape index (κ3) is 4.76. The molecule has 1 aromatic carbocycles. The minimum absolute atomic E-state index is 0. The predicted octanol–water partition coefficient (Wildman–Crippen LogP) is 2.69. The van der Waals surface area contributed by atoms with Gasteiger partial charge in [-0.25, -0.2) is 13.1 Å². The Morgan fingerprint density at radius 1 is 1.35 bits per heavy atom. The second-order valence-electron chi connectivity index (χ2n) is 4.64. The molecule has 0 saturated carbocycles. The molecule has 1 fully saturated rings. The van der Waals surface area contributed by atoms with Crippen LogP contribution in [0.25, 0.3) is 0 Å². The molecule has 1 unspecified atom stereocenters. The first-order valence-corrected chi connectivity index (χ1v) is 8.38. The third-order valence-corrected chi connectivity index (χ3v) is 5.29. The molecular formula is C12H17Cl3N2O2S. The smallest absolute Gasteiger partial charge is 0.242 e. The summed E-state index contributed by atoms with van der Waals surface area (Å²) in [5.41, 5.74) is 0. The van der Waals surface area contributed by atoms with Crippen molar-refractivity contribution in [2.75, 3.05) is 19.6 Å². The zero-order valence-corrected chi connectivity index (χ0v) is 13.9. The number of sulfonamides is 1. The second kappa shape index (κ2) is 7.82. The molecule has 1 aliphatic heterocycles. The molecule has 4 nitrogen and oxygen atoms in total. The van der Waals surface area contributed by atoms with Crippen LogP contribution in [0, 0.1) is 5.92 Å². The third-order valence-electron chi connectivity index (χ3n) is 3.14. The molecule has 0 spiro atoms. The van der Waals surface area contributed by atoms with Gasteiger partial charge in [-0.05, 0) is 50.0 Å². The highest BCUT2D eigenvalue weighted by molar-refractivity contribution is 7.89. The van der Waals surface area contributed by atoms with Crippen molar-refractivity contribution in [1.29, 1.82) is 0 Å². The molecule has 2 rings (SSSR count). The van der Waals surface area contributed by atoms with Gasteiger partial charge in [-0.3, -0.25) is 0 Å². The molecule has 1 atom stereocenters. The Bertz CT molecular complexity index is 546. The van der Waals surface area contributed by atoms with Gasteiger partial charge in [-0.15, -0.1) is 12.4 Å². The van der Waals surface area contributed by atoms with E-state index < -0.39 is 10.0 Å². The van der Waals surface area contributed by atoms with E-state index >= 15 is 0 Å². The fraction of sp³-hybridized carbons (Fsp3) is 0.500. The van der Waals surface area contributed by atoms with E-state index in [-0.39, 0.29) is 22.3 Å². The standard InChI is InChI=1S/C12H16Cl2N2O2S.ClH/c13-10-3-4-12(11(14)6-10)19(17,18)16-8-9-2-1-5-15-7-9;/h3-4,6,9,15-16H,1-2,5,7-8H2;1H. The van der Waals surface area contributed by atoms with E-state index in [0.717, 1.165) is 25.9 Å². The van der Waals surface area contributed by atoms with Gasteiger partial charge in [0.25, 0.3) is 0 Å². The van der Waals surface area contributed by atoms with Crippen LogP contribution < -0.4 is 10.0 Å². The molecule has 0 aliphatic carbocycles. The fourth-order valence-corrected chi connectivity index (χ4v) is 3.98. The summed E-state index contributed by atoms with van der Waals surface area (Å²) in [6.45, 7) is 2.28. The summed E-state index contributed by atoms with van der Waals surface area (Å²) in [5, 5.41) is 3.81. The summed E-state index contributed by atoms with van der Waals surface area (Å²) in [4.78, 5) is 0.0716. The van der Waals surface area contributed by atoms with Crippen molar-refractivity contribution < 1.29 is 8.42 Å². The van der Waals surface area contributed by atoms with Crippen molar-refractivity contribution in [3.8, 4) is 0 Å². The van der Waals surface area contributed by atoms with Gasteiger partial charge in [0.05, 0.1) is 5.02 Å². The van der Waals surface area contributed by atoms with Gasteiger partial charge in [-0.2, -0.15) is 0 Å². The normalized spacial score (nSPS) is 19.4. The molecule has 0 aromatic heterocycles. The quantitative estimate of drug-likeness (QED) is 0.869. The molecule has 0 amide bonds. The zero-order chi connectivity index (χ0) is 13.9. The summed E-state index contributed by atoms with van der Waals surface area (Å²) in [6, 6.07) is 4.37. The van der Waals surface area contributed by atoms with E-state index in [4.69, 9.17) is 23.2 Å². The Kier molecular flexibility index (Phi) is 7.04. The Morgan fingerprint density at radius 3 is 2.70 bits per heavy atom.